The number of hydrogen-bond donors (Lipinski definition) is 0. The van der Waals surface area contributed by atoms with Crippen LogP contribution in [0.3, 0.4) is 0 Å². The number of carbonyl (C=O) groups excluding carboxylic acids is 1. The lowest BCUT2D eigenvalue weighted by molar-refractivity contribution is 0.112. The Morgan fingerprint density at radius 3 is 2.20 bits per heavy atom. The van der Waals surface area contributed by atoms with Crippen molar-refractivity contribution in [1.82, 2.24) is 0 Å². The molecule has 2 aromatic carbocycles. The predicted octanol–water partition coefficient (Wildman–Crippen LogP) is 3.46. The molecule has 2 aromatic rings. The zero-order chi connectivity index (χ0) is 14.7. The van der Waals surface area contributed by atoms with Gasteiger partial charge in [0.25, 0.3) is 0 Å². The van der Waals surface area contributed by atoms with Crippen molar-refractivity contribution in [3.05, 3.63) is 47.5 Å². The van der Waals surface area contributed by atoms with Gasteiger partial charge in [-0.3, -0.25) is 4.79 Å². The number of hydrogen-bond acceptors (Lipinski definition) is 3. The first-order chi connectivity index (χ1) is 9.60. The Balaban J connectivity index is 2.72. The van der Waals surface area contributed by atoms with E-state index >= 15 is 0 Å². The van der Waals surface area contributed by atoms with E-state index in [2.05, 4.69) is 0 Å². The van der Waals surface area contributed by atoms with Gasteiger partial charge in [0.1, 0.15) is 11.6 Å². The highest BCUT2D eigenvalue weighted by molar-refractivity contribution is 5.89. The van der Waals surface area contributed by atoms with E-state index in [-0.39, 0.29) is 16.7 Å². The number of halogens is 2. The maximum atomic E-state index is 13.8. The lowest BCUT2D eigenvalue weighted by atomic mass is 9.99. The van der Waals surface area contributed by atoms with Crippen LogP contribution in [0.5, 0.6) is 11.5 Å². The molecular weight excluding hydrogens is 266 g/mol. The molecule has 2 rings (SSSR count). The summed E-state index contributed by atoms with van der Waals surface area (Å²) in [5.41, 5.74) is 0.426. The van der Waals surface area contributed by atoms with Crippen LogP contribution in [0.25, 0.3) is 11.1 Å². The molecule has 0 aliphatic carbocycles. The zero-order valence-electron chi connectivity index (χ0n) is 10.9. The molecule has 0 aromatic heterocycles. The molecule has 0 fully saturated rings. The van der Waals surface area contributed by atoms with Gasteiger partial charge in [0.05, 0.1) is 14.2 Å². The first kappa shape index (κ1) is 14.0. The number of ether oxygens (including phenoxy) is 2. The molecule has 0 aliphatic rings. The molecule has 0 unspecified atom stereocenters. The summed E-state index contributed by atoms with van der Waals surface area (Å²) in [5.74, 6) is -0.540. The van der Waals surface area contributed by atoms with E-state index in [1.54, 1.807) is 0 Å². The minimum atomic E-state index is -0.623. The highest BCUT2D eigenvalue weighted by Gasteiger charge is 2.15. The maximum absolute atomic E-state index is 13.8. The quantitative estimate of drug-likeness (QED) is 0.803. The van der Waals surface area contributed by atoms with Crippen LogP contribution in [-0.2, 0) is 0 Å². The molecule has 0 N–H and O–H groups in total. The van der Waals surface area contributed by atoms with Crippen molar-refractivity contribution < 1.29 is 23.0 Å². The van der Waals surface area contributed by atoms with Crippen molar-refractivity contribution in [3.8, 4) is 22.6 Å². The Kier molecular flexibility index (Phi) is 3.98. The van der Waals surface area contributed by atoms with Crippen LogP contribution in [0, 0.1) is 11.6 Å². The molecule has 20 heavy (non-hydrogen) atoms. The Hall–Kier alpha value is -2.43. The van der Waals surface area contributed by atoms with Gasteiger partial charge in [0, 0.05) is 11.1 Å². The SMILES string of the molecule is COc1cc(C=O)c(-c2cc(F)ccc2F)cc1OC. The van der Waals surface area contributed by atoms with Gasteiger partial charge in [0.2, 0.25) is 0 Å². The monoisotopic (exact) mass is 278 g/mol. The third-order valence-corrected chi connectivity index (χ3v) is 2.90. The summed E-state index contributed by atoms with van der Waals surface area (Å²) in [5, 5.41) is 0. The number of methoxy groups -OCH3 is 2. The standard InChI is InChI=1S/C15H12F2O3/c1-19-14-5-9(8-18)11(7-15(14)20-2)12-6-10(16)3-4-13(12)17/h3-8H,1-2H3. The summed E-state index contributed by atoms with van der Waals surface area (Å²) in [6.45, 7) is 0. The molecule has 0 bridgehead atoms. The Morgan fingerprint density at radius 1 is 0.950 bits per heavy atom. The smallest absolute Gasteiger partial charge is 0.161 e. The summed E-state index contributed by atoms with van der Waals surface area (Å²) in [6.07, 6.45) is 0.557. The van der Waals surface area contributed by atoms with E-state index in [0.29, 0.717) is 17.8 Å². The molecule has 0 radical (unpaired) electrons. The normalized spacial score (nSPS) is 10.2. The molecule has 5 heteroatoms. The van der Waals surface area contributed by atoms with E-state index in [0.717, 1.165) is 18.2 Å². The average molecular weight is 278 g/mol. The van der Waals surface area contributed by atoms with Gasteiger partial charge in [-0.05, 0) is 35.9 Å². The van der Waals surface area contributed by atoms with Gasteiger partial charge in [-0.2, -0.15) is 0 Å². The van der Waals surface area contributed by atoms with Gasteiger partial charge in [0.15, 0.2) is 17.8 Å². The predicted molar refractivity (Wildman–Crippen MR) is 70.3 cm³/mol. The van der Waals surface area contributed by atoms with Crippen molar-refractivity contribution in [2.24, 2.45) is 0 Å². The van der Waals surface area contributed by atoms with Gasteiger partial charge in [-0.25, -0.2) is 8.78 Å². The second-order valence-electron chi connectivity index (χ2n) is 4.04. The summed E-state index contributed by atoms with van der Waals surface area (Å²) in [6, 6.07) is 5.92. The molecule has 3 nitrogen and oxygen atoms in total. The van der Waals surface area contributed by atoms with E-state index in [4.69, 9.17) is 9.47 Å². The van der Waals surface area contributed by atoms with Crippen LogP contribution >= 0.6 is 0 Å². The third-order valence-electron chi connectivity index (χ3n) is 2.90. The van der Waals surface area contributed by atoms with E-state index in [1.165, 1.54) is 26.4 Å². The van der Waals surface area contributed by atoms with Crippen LogP contribution in [0.1, 0.15) is 10.4 Å². The molecule has 0 aliphatic heterocycles. The molecule has 104 valence electrons. The largest absolute Gasteiger partial charge is 0.493 e. The Morgan fingerprint density at radius 2 is 1.60 bits per heavy atom. The minimum absolute atomic E-state index is 0.00643. The molecular formula is C15H12F2O3. The molecule has 0 saturated carbocycles. The molecule has 0 saturated heterocycles. The molecule has 0 heterocycles. The molecule has 0 spiro atoms. The number of benzene rings is 2. The van der Waals surface area contributed by atoms with Crippen molar-refractivity contribution in [2.45, 2.75) is 0 Å². The van der Waals surface area contributed by atoms with Gasteiger partial charge >= 0.3 is 0 Å². The summed E-state index contributed by atoms with van der Waals surface area (Å²) >= 11 is 0. The number of rotatable bonds is 4. The highest BCUT2D eigenvalue weighted by atomic mass is 19.1. The van der Waals surface area contributed by atoms with Crippen LogP contribution in [0.4, 0.5) is 8.78 Å². The second kappa shape index (κ2) is 5.69. The fraction of sp³-hybridized carbons (Fsp3) is 0.133. The molecule has 0 atom stereocenters. The van der Waals surface area contributed by atoms with Gasteiger partial charge < -0.3 is 9.47 Å². The van der Waals surface area contributed by atoms with E-state index in [1.807, 2.05) is 0 Å². The van der Waals surface area contributed by atoms with Gasteiger partial charge in [-0.1, -0.05) is 0 Å². The maximum Gasteiger partial charge on any atom is 0.161 e. The van der Waals surface area contributed by atoms with Crippen LogP contribution < -0.4 is 9.47 Å². The number of aldehydes is 1. The first-order valence-electron chi connectivity index (χ1n) is 5.77. The van der Waals surface area contributed by atoms with Crippen molar-refractivity contribution >= 4 is 6.29 Å². The van der Waals surface area contributed by atoms with Gasteiger partial charge in [-0.15, -0.1) is 0 Å². The average Bonchev–Trinajstić information content (AvgIpc) is 2.48. The molecule has 0 amide bonds. The third kappa shape index (κ3) is 2.47. The van der Waals surface area contributed by atoms with E-state index in [9.17, 15) is 13.6 Å². The minimum Gasteiger partial charge on any atom is -0.493 e. The topological polar surface area (TPSA) is 35.5 Å². The van der Waals surface area contributed by atoms with E-state index < -0.39 is 11.6 Å². The highest BCUT2D eigenvalue weighted by Crippen LogP contribution is 2.36. The van der Waals surface area contributed by atoms with Crippen LogP contribution in [0.2, 0.25) is 0 Å². The first-order valence-corrected chi connectivity index (χ1v) is 5.77. The van der Waals surface area contributed by atoms with Crippen molar-refractivity contribution in [3.63, 3.8) is 0 Å². The van der Waals surface area contributed by atoms with Crippen molar-refractivity contribution in [2.75, 3.05) is 14.2 Å². The summed E-state index contributed by atoms with van der Waals surface area (Å²) in [4.78, 5) is 11.2. The fourth-order valence-electron chi connectivity index (χ4n) is 1.93. The summed E-state index contributed by atoms with van der Waals surface area (Å²) in [7, 11) is 2.85. The van der Waals surface area contributed by atoms with Crippen LogP contribution in [-0.4, -0.2) is 20.5 Å². The fourth-order valence-corrected chi connectivity index (χ4v) is 1.93. The lowest BCUT2D eigenvalue weighted by Crippen LogP contribution is -1.97. The van der Waals surface area contributed by atoms with Crippen LogP contribution in [0.15, 0.2) is 30.3 Å². The zero-order valence-corrected chi connectivity index (χ0v) is 10.9. The Bertz CT molecular complexity index is 654. The second-order valence-corrected chi connectivity index (χ2v) is 4.04. The number of carbonyl (C=O) groups is 1. The Labute approximate surface area is 114 Å². The lowest BCUT2D eigenvalue weighted by Gasteiger charge is -2.13. The van der Waals surface area contributed by atoms with Crippen molar-refractivity contribution in [1.29, 1.82) is 0 Å². The summed E-state index contributed by atoms with van der Waals surface area (Å²) < 4.78 is 37.3.